The maximum absolute atomic E-state index is 13.4. The molecule has 0 fully saturated rings. The van der Waals surface area contributed by atoms with E-state index in [1.165, 1.54) is 12.1 Å². The Kier molecular flexibility index (Phi) is 4.21. The van der Waals surface area contributed by atoms with Crippen LogP contribution in [0.5, 0.6) is 5.75 Å². The van der Waals surface area contributed by atoms with Crippen LogP contribution >= 0.6 is 0 Å². The number of rotatable bonds is 4. The van der Waals surface area contributed by atoms with E-state index < -0.39 is 5.82 Å². The Morgan fingerprint density at radius 3 is 2.71 bits per heavy atom. The standard InChI is InChI=1S/C16H17FN2O2/c1-9-8-19-14(10(2)16(9)21-3)7-15(20)11-4-5-13(18)12(17)6-11/h4-6,8H,7,18H2,1-3H3. The lowest BCUT2D eigenvalue weighted by molar-refractivity contribution is 0.0991. The van der Waals surface area contributed by atoms with Gasteiger partial charge >= 0.3 is 0 Å². The predicted molar refractivity (Wildman–Crippen MR) is 79.1 cm³/mol. The van der Waals surface area contributed by atoms with Crippen molar-refractivity contribution in [2.75, 3.05) is 12.8 Å². The van der Waals surface area contributed by atoms with Crippen LogP contribution < -0.4 is 10.5 Å². The molecule has 1 aromatic carbocycles. The molecule has 0 unspecified atom stereocenters. The molecular formula is C16H17FN2O2. The summed E-state index contributed by atoms with van der Waals surface area (Å²) in [5, 5.41) is 0. The van der Waals surface area contributed by atoms with Crippen molar-refractivity contribution in [1.82, 2.24) is 4.98 Å². The molecule has 21 heavy (non-hydrogen) atoms. The average molecular weight is 288 g/mol. The van der Waals surface area contributed by atoms with Crippen LogP contribution in [0.4, 0.5) is 10.1 Å². The van der Waals surface area contributed by atoms with Crippen LogP contribution in [0.25, 0.3) is 0 Å². The smallest absolute Gasteiger partial charge is 0.168 e. The first-order valence-electron chi connectivity index (χ1n) is 6.51. The Morgan fingerprint density at radius 1 is 1.38 bits per heavy atom. The number of Topliss-reactive ketones (excluding diaryl/α,β-unsaturated/α-hetero) is 1. The monoisotopic (exact) mass is 288 g/mol. The molecule has 2 aromatic rings. The number of methoxy groups -OCH3 is 1. The van der Waals surface area contributed by atoms with E-state index in [9.17, 15) is 9.18 Å². The minimum Gasteiger partial charge on any atom is -0.496 e. The van der Waals surface area contributed by atoms with Gasteiger partial charge in [0.05, 0.1) is 24.9 Å². The number of carbonyl (C=O) groups is 1. The molecule has 1 aromatic heterocycles. The zero-order chi connectivity index (χ0) is 15.6. The van der Waals surface area contributed by atoms with Crippen LogP contribution in [0.15, 0.2) is 24.4 Å². The highest BCUT2D eigenvalue weighted by Gasteiger charge is 2.15. The van der Waals surface area contributed by atoms with Crippen molar-refractivity contribution < 1.29 is 13.9 Å². The fourth-order valence-electron chi connectivity index (χ4n) is 2.20. The van der Waals surface area contributed by atoms with E-state index in [-0.39, 0.29) is 23.5 Å². The number of halogens is 1. The summed E-state index contributed by atoms with van der Waals surface area (Å²) in [4.78, 5) is 16.5. The Hall–Kier alpha value is -2.43. The predicted octanol–water partition coefficient (Wildman–Crippen LogP) is 2.85. The molecule has 0 aliphatic heterocycles. The van der Waals surface area contributed by atoms with Gasteiger partial charge in [-0.05, 0) is 32.0 Å². The van der Waals surface area contributed by atoms with Crippen LogP contribution in [0.2, 0.25) is 0 Å². The van der Waals surface area contributed by atoms with Crippen molar-refractivity contribution in [3.8, 4) is 5.75 Å². The lowest BCUT2D eigenvalue weighted by Crippen LogP contribution is -2.09. The topological polar surface area (TPSA) is 65.2 Å². The van der Waals surface area contributed by atoms with Gasteiger partial charge in [0, 0.05) is 22.9 Å². The third-order valence-corrected chi connectivity index (χ3v) is 3.40. The number of aryl methyl sites for hydroxylation is 1. The fourth-order valence-corrected chi connectivity index (χ4v) is 2.20. The maximum Gasteiger partial charge on any atom is 0.168 e. The second kappa shape index (κ2) is 5.91. The third kappa shape index (κ3) is 3.02. The summed E-state index contributed by atoms with van der Waals surface area (Å²) in [6.45, 7) is 3.74. The molecule has 2 N–H and O–H groups in total. The van der Waals surface area contributed by atoms with E-state index >= 15 is 0 Å². The molecule has 1 heterocycles. The third-order valence-electron chi connectivity index (χ3n) is 3.40. The van der Waals surface area contributed by atoms with Crippen LogP contribution in [0.1, 0.15) is 27.2 Å². The van der Waals surface area contributed by atoms with Gasteiger partial charge in [-0.15, -0.1) is 0 Å². The highest BCUT2D eigenvalue weighted by molar-refractivity contribution is 5.97. The first-order valence-corrected chi connectivity index (χ1v) is 6.51. The van der Waals surface area contributed by atoms with Gasteiger partial charge in [-0.2, -0.15) is 0 Å². The molecule has 110 valence electrons. The van der Waals surface area contributed by atoms with Gasteiger partial charge in [-0.1, -0.05) is 0 Å². The van der Waals surface area contributed by atoms with Crippen molar-refractivity contribution in [1.29, 1.82) is 0 Å². The quantitative estimate of drug-likeness (QED) is 0.694. The molecule has 0 aliphatic carbocycles. The van der Waals surface area contributed by atoms with Gasteiger partial charge < -0.3 is 10.5 Å². The molecule has 0 bridgehead atoms. The maximum atomic E-state index is 13.4. The Balaban J connectivity index is 2.29. The number of nitrogen functional groups attached to an aromatic ring is 1. The Labute approximate surface area is 122 Å². The molecular weight excluding hydrogens is 271 g/mol. The number of hydrogen-bond donors (Lipinski definition) is 1. The number of hydrogen-bond acceptors (Lipinski definition) is 4. The van der Waals surface area contributed by atoms with E-state index in [0.717, 1.165) is 22.9 Å². The normalized spacial score (nSPS) is 10.5. The van der Waals surface area contributed by atoms with Crippen molar-refractivity contribution >= 4 is 11.5 Å². The van der Waals surface area contributed by atoms with Gasteiger partial charge in [0.2, 0.25) is 0 Å². The van der Waals surface area contributed by atoms with Crippen molar-refractivity contribution in [3.05, 3.63) is 52.6 Å². The number of aromatic nitrogens is 1. The average Bonchev–Trinajstić information content (AvgIpc) is 2.45. The molecule has 0 saturated heterocycles. The van der Waals surface area contributed by atoms with Gasteiger partial charge in [-0.3, -0.25) is 9.78 Å². The zero-order valence-electron chi connectivity index (χ0n) is 12.2. The van der Waals surface area contributed by atoms with Gasteiger partial charge in [0.25, 0.3) is 0 Å². The molecule has 0 atom stereocenters. The van der Waals surface area contributed by atoms with Crippen LogP contribution in [0.3, 0.4) is 0 Å². The molecule has 4 nitrogen and oxygen atoms in total. The van der Waals surface area contributed by atoms with E-state index in [2.05, 4.69) is 4.98 Å². The lowest BCUT2D eigenvalue weighted by Gasteiger charge is -2.12. The van der Waals surface area contributed by atoms with Crippen molar-refractivity contribution in [3.63, 3.8) is 0 Å². The number of ether oxygens (including phenoxy) is 1. The van der Waals surface area contributed by atoms with E-state index in [1.807, 2.05) is 13.8 Å². The molecule has 0 aliphatic rings. The summed E-state index contributed by atoms with van der Waals surface area (Å²) in [6, 6.07) is 4.05. The molecule has 0 saturated carbocycles. The van der Waals surface area contributed by atoms with E-state index in [4.69, 9.17) is 10.5 Å². The summed E-state index contributed by atoms with van der Waals surface area (Å²) in [5.41, 5.74) is 8.06. The lowest BCUT2D eigenvalue weighted by atomic mass is 10.0. The SMILES string of the molecule is COc1c(C)cnc(CC(=O)c2ccc(N)c(F)c2)c1C. The summed E-state index contributed by atoms with van der Waals surface area (Å²) >= 11 is 0. The molecule has 0 spiro atoms. The highest BCUT2D eigenvalue weighted by atomic mass is 19.1. The van der Waals surface area contributed by atoms with Gasteiger partial charge in [0.1, 0.15) is 11.6 Å². The second-order valence-electron chi connectivity index (χ2n) is 4.88. The highest BCUT2D eigenvalue weighted by Crippen LogP contribution is 2.25. The van der Waals surface area contributed by atoms with Gasteiger partial charge in [-0.25, -0.2) is 4.39 Å². The molecule has 2 rings (SSSR count). The summed E-state index contributed by atoms with van der Waals surface area (Å²) < 4.78 is 18.7. The number of benzene rings is 1. The molecule has 0 amide bonds. The minimum atomic E-state index is -0.591. The van der Waals surface area contributed by atoms with Crippen LogP contribution in [-0.4, -0.2) is 17.9 Å². The van der Waals surface area contributed by atoms with Crippen LogP contribution in [-0.2, 0) is 6.42 Å². The summed E-state index contributed by atoms with van der Waals surface area (Å²) in [5.74, 6) is -0.0845. The first kappa shape index (κ1) is 15.0. The largest absolute Gasteiger partial charge is 0.496 e. The van der Waals surface area contributed by atoms with E-state index in [1.54, 1.807) is 13.3 Å². The van der Waals surface area contributed by atoms with Crippen molar-refractivity contribution in [2.24, 2.45) is 0 Å². The zero-order valence-corrected chi connectivity index (χ0v) is 12.2. The number of nitrogens with two attached hydrogens (primary N) is 1. The van der Waals surface area contributed by atoms with E-state index in [0.29, 0.717) is 5.69 Å². The number of anilines is 1. The second-order valence-corrected chi connectivity index (χ2v) is 4.88. The number of nitrogens with zero attached hydrogens (tertiary/aromatic N) is 1. The fraction of sp³-hybridized carbons (Fsp3) is 0.250. The Morgan fingerprint density at radius 2 is 2.10 bits per heavy atom. The summed E-state index contributed by atoms with van der Waals surface area (Å²) in [7, 11) is 1.58. The summed E-state index contributed by atoms with van der Waals surface area (Å²) in [6.07, 6.45) is 1.75. The number of ketones is 1. The molecule has 0 radical (unpaired) electrons. The van der Waals surface area contributed by atoms with Crippen LogP contribution in [0, 0.1) is 19.7 Å². The van der Waals surface area contributed by atoms with Gasteiger partial charge in [0.15, 0.2) is 5.78 Å². The Bertz CT molecular complexity index is 699. The van der Waals surface area contributed by atoms with Crippen molar-refractivity contribution in [2.45, 2.75) is 20.3 Å². The minimum absolute atomic E-state index is 0.0258. The first-order chi connectivity index (χ1) is 9.93. The number of pyridine rings is 1. The number of carbonyl (C=O) groups excluding carboxylic acids is 1. The molecule has 5 heteroatoms.